The number of nitrogens with zero attached hydrogens (tertiary/aromatic N) is 1. The predicted octanol–water partition coefficient (Wildman–Crippen LogP) is 2.86. The summed E-state index contributed by atoms with van der Waals surface area (Å²) in [6.07, 6.45) is 0. The molecular weight excluding hydrogens is 324 g/mol. The Morgan fingerprint density at radius 2 is 1.92 bits per heavy atom. The van der Waals surface area contributed by atoms with Crippen LogP contribution in [0.15, 0.2) is 48.5 Å². The number of aliphatic hydroxyl groups excluding tert-OH is 1. The van der Waals surface area contributed by atoms with Crippen LogP contribution < -0.4 is 10.1 Å². The van der Waals surface area contributed by atoms with Crippen molar-refractivity contribution >= 4 is 11.6 Å². The van der Waals surface area contributed by atoms with Crippen molar-refractivity contribution in [3.63, 3.8) is 0 Å². The highest BCUT2D eigenvalue weighted by atomic mass is 35.5. The van der Waals surface area contributed by atoms with Crippen LogP contribution in [0.4, 0.5) is 0 Å². The predicted molar refractivity (Wildman–Crippen MR) is 96.5 cm³/mol. The average Bonchev–Trinajstić information content (AvgIpc) is 2.62. The topological polar surface area (TPSA) is 44.7 Å². The van der Waals surface area contributed by atoms with Crippen LogP contribution in [0.5, 0.6) is 5.75 Å². The monoisotopic (exact) mass is 346 g/mol. The van der Waals surface area contributed by atoms with Crippen molar-refractivity contribution in [2.24, 2.45) is 0 Å². The van der Waals surface area contributed by atoms with Gasteiger partial charge in [-0.2, -0.15) is 0 Å². The minimum Gasteiger partial charge on any atom is -0.489 e. The number of nitrogens with one attached hydrogen (secondary N) is 1. The summed E-state index contributed by atoms with van der Waals surface area (Å²) in [4.78, 5) is 2.31. The number of benzene rings is 2. The molecule has 2 aromatic rings. The first-order valence-electron chi connectivity index (χ1n) is 8.29. The van der Waals surface area contributed by atoms with Crippen LogP contribution >= 0.6 is 11.6 Å². The molecule has 1 aliphatic heterocycles. The van der Waals surface area contributed by atoms with E-state index < -0.39 is 0 Å². The van der Waals surface area contributed by atoms with Crippen molar-refractivity contribution in [2.75, 3.05) is 32.8 Å². The molecule has 2 aromatic carbocycles. The van der Waals surface area contributed by atoms with Crippen molar-refractivity contribution in [3.05, 3.63) is 64.7 Å². The van der Waals surface area contributed by atoms with Crippen LogP contribution in [0.25, 0.3) is 0 Å². The molecule has 2 N–H and O–H groups in total. The van der Waals surface area contributed by atoms with Crippen molar-refractivity contribution in [2.45, 2.75) is 12.6 Å². The summed E-state index contributed by atoms with van der Waals surface area (Å²) in [7, 11) is 0. The maximum atomic E-state index is 9.84. The van der Waals surface area contributed by atoms with Crippen molar-refractivity contribution in [3.8, 4) is 5.75 Å². The lowest BCUT2D eigenvalue weighted by atomic mass is 10.0. The maximum absolute atomic E-state index is 9.84. The maximum Gasteiger partial charge on any atom is 0.120 e. The molecule has 1 heterocycles. The molecule has 0 saturated carbocycles. The number of ether oxygens (including phenoxy) is 1. The fourth-order valence-electron chi connectivity index (χ4n) is 3.03. The molecule has 0 bridgehead atoms. The third-order valence-electron chi connectivity index (χ3n) is 4.30. The van der Waals surface area contributed by atoms with E-state index in [1.54, 1.807) is 0 Å². The van der Waals surface area contributed by atoms with Gasteiger partial charge in [-0.15, -0.1) is 0 Å². The molecular formula is C19H23ClN2O2. The first kappa shape index (κ1) is 17.2. The Labute approximate surface area is 148 Å². The van der Waals surface area contributed by atoms with Gasteiger partial charge in [0.1, 0.15) is 12.4 Å². The van der Waals surface area contributed by atoms with E-state index in [0.29, 0.717) is 11.6 Å². The first-order valence-corrected chi connectivity index (χ1v) is 8.67. The smallest absolute Gasteiger partial charge is 0.120 e. The van der Waals surface area contributed by atoms with Crippen LogP contribution in [0, 0.1) is 0 Å². The van der Waals surface area contributed by atoms with Gasteiger partial charge in [0.25, 0.3) is 0 Å². The Morgan fingerprint density at radius 3 is 2.67 bits per heavy atom. The van der Waals surface area contributed by atoms with Crippen LogP contribution in [0.2, 0.25) is 5.02 Å². The second kappa shape index (κ2) is 8.49. The zero-order valence-electron chi connectivity index (χ0n) is 13.6. The number of hydrogen-bond donors (Lipinski definition) is 2. The van der Waals surface area contributed by atoms with E-state index in [2.05, 4.69) is 16.3 Å². The summed E-state index contributed by atoms with van der Waals surface area (Å²) in [5.41, 5.74) is 2.12. The Bertz CT molecular complexity index is 659. The second-order valence-corrected chi connectivity index (χ2v) is 6.41. The van der Waals surface area contributed by atoms with E-state index in [9.17, 15) is 5.11 Å². The van der Waals surface area contributed by atoms with E-state index in [0.717, 1.165) is 43.1 Å². The van der Waals surface area contributed by atoms with Gasteiger partial charge in [-0.1, -0.05) is 35.9 Å². The molecule has 4 nitrogen and oxygen atoms in total. The Hall–Kier alpha value is -1.59. The highest BCUT2D eigenvalue weighted by molar-refractivity contribution is 6.30. The molecule has 5 heteroatoms. The molecule has 0 spiro atoms. The minimum atomic E-state index is 0.0156. The lowest BCUT2D eigenvalue weighted by Crippen LogP contribution is -2.46. The average molecular weight is 347 g/mol. The van der Waals surface area contributed by atoms with Gasteiger partial charge >= 0.3 is 0 Å². The normalized spacial score (nSPS) is 16.8. The van der Waals surface area contributed by atoms with Gasteiger partial charge in [0.05, 0.1) is 12.6 Å². The van der Waals surface area contributed by atoms with Crippen LogP contribution in [-0.2, 0) is 6.61 Å². The van der Waals surface area contributed by atoms with E-state index in [1.807, 2.05) is 42.5 Å². The molecule has 0 aliphatic carbocycles. The summed E-state index contributed by atoms with van der Waals surface area (Å²) in [5, 5.41) is 13.9. The van der Waals surface area contributed by atoms with Crippen molar-refractivity contribution < 1.29 is 9.84 Å². The molecule has 128 valence electrons. The number of piperazine rings is 1. The zero-order valence-corrected chi connectivity index (χ0v) is 14.4. The highest BCUT2D eigenvalue weighted by Crippen LogP contribution is 2.25. The Balaban J connectivity index is 1.68. The highest BCUT2D eigenvalue weighted by Gasteiger charge is 2.21. The molecule has 0 radical (unpaired) electrons. The van der Waals surface area contributed by atoms with E-state index >= 15 is 0 Å². The largest absolute Gasteiger partial charge is 0.489 e. The summed E-state index contributed by atoms with van der Waals surface area (Å²) >= 11 is 6.00. The Kier molecular flexibility index (Phi) is 6.10. The first-order chi connectivity index (χ1) is 11.8. The van der Waals surface area contributed by atoms with E-state index in [-0.39, 0.29) is 12.6 Å². The third-order valence-corrected chi connectivity index (χ3v) is 4.54. The van der Waals surface area contributed by atoms with Gasteiger partial charge in [-0.25, -0.2) is 0 Å². The van der Waals surface area contributed by atoms with Gasteiger partial charge < -0.3 is 15.2 Å². The van der Waals surface area contributed by atoms with Gasteiger partial charge in [0.15, 0.2) is 0 Å². The minimum absolute atomic E-state index is 0.0156. The SMILES string of the molecule is OCC(c1cccc(OCc2cccc(Cl)c2)c1)N1CCNCC1. The van der Waals surface area contributed by atoms with Gasteiger partial charge in [0, 0.05) is 31.2 Å². The Morgan fingerprint density at radius 1 is 1.12 bits per heavy atom. The molecule has 1 unspecified atom stereocenters. The summed E-state index contributed by atoms with van der Waals surface area (Å²) in [6, 6.07) is 15.7. The fourth-order valence-corrected chi connectivity index (χ4v) is 3.24. The molecule has 0 amide bonds. The van der Waals surface area contributed by atoms with E-state index in [1.165, 1.54) is 0 Å². The molecule has 1 atom stereocenters. The molecule has 1 saturated heterocycles. The summed E-state index contributed by atoms with van der Waals surface area (Å²) < 4.78 is 5.90. The number of halogens is 1. The lowest BCUT2D eigenvalue weighted by molar-refractivity contribution is 0.110. The lowest BCUT2D eigenvalue weighted by Gasteiger charge is -2.34. The molecule has 1 aliphatic rings. The quantitative estimate of drug-likeness (QED) is 0.844. The number of aliphatic hydroxyl groups is 1. The van der Waals surface area contributed by atoms with Crippen LogP contribution in [0.3, 0.4) is 0 Å². The van der Waals surface area contributed by atoms with Crippen LogP contribution in [0.1, 0.15) is 17.2 Å². The van der Waals surface area contributed by atoms with Gasteiger partial charge in [-0.3, -0.25) is 4.90 Å². The fraction of sp³-hybridized carbons (Fsp3) is 0.368. The summed E-state index contributed by atoms with van der Waals surface area (Å²) in [5.74, 6) is 0.807. The number of rotatable bonds is 6. The third kappa shape index (κ3) is 4.48. The van der Waals surface area contributed by atoms with Gasteiger partial charge in [0.2, 0.25) is 0 Å². The summed E-state index contributed by atoms with van der Waals surface area (Å²) in [6.45, 7) is 4.39. The molecule has 24 heavy (non-hydrogen) atoms. The van der Waals surface area contributed by atoms with Gasteiger partial charge in [-0.05, 0) is 35.4 Å². The number of hydrogen-bond acceptors (Lipinski definition) is 4. The van der Waals surface area contributed by atoms with Crippen molar-refractivity contribution in [1.29, 1.82) is 0 Å². The standard InChI is InChI=1S/C19H23ClN2O2/c20-17-5-1-3-15(11-17)14-24-18-6-2-4-16(12-18)19(13-23)22-9-7-21-8-10-22/h1-6,11-12,19,21,23H,7-10,13-14H2. The van der Waals surface area contributed by atoms with E-state index in [4.69, 9.17) is 16.3 Å². The van der Waals surface area contributed by atoms with Crippen molar-refractivity contribution in [1.82, 2.24) is 10.2 Å². The zero-order chi connectivity index (χ0) is 16.8. The molecule has 3 rings (SSSR count). The molecule has 1 fully saturated rings. The van der Waals surface area contributed by atoms with Crippen LogP contribution in [-0.4, -0.2) is 42.8 Å². The second-order valence-electron chi connectivity index (χ2n) is 5.98. The molecule has 0 aromatic heterocycles.